The van der Waals surface area contributed by atoms with E-state index in [0.29, 0.717) is 6.61 Å². The second-order valence-electron chi connectivity index (χ2n) is 2.89. The van der Waals surface area contributed by atoms with Crippen molar-refractivity contribution in [1.29, 1.82) is 0 Å². The number of hydrogen-bond donors (Lipinski definition) is 1. The molecule has 1 aromatic heterocycles. The summed E-state index contributed by atoms with van der Waals surface area (Å²) in [5, 5.41) is 0. The van der Waals surface area contributed by atoms with Gasteiger partial charge in [-0.1, -0.05) is 6.07 Å². The Kier molecular flexibility index (Phi) is 5.62. The van der Waals surface area contributed by atoms with Gasteiger partial charge < -0.3 is 10.5 Å². The summed E-state index contributed by atoms with van der Waals surface area (Å²) in [5.74, 6) is 1.82. The maximum atomic E-state index is 10.2. The number of rotatable bonds is 6. The van der Waals surface area contributed by atoms with Gasteiger partial charge in [0.2, 0.25) is 0 Å². The third kappa shape index (κ3) is 5.96. The van der Waals surface area contributed by atoms with Gasteiger partial charge in [0.25, 0.3) is 0 Å². The molecule has 1 aromatic rings. The van der Waals surface area contributed by atoms with Gasteiger partial charge in [0.05, 0.1) is 12.3 Å². The molecule has 15 heavy (non-hydrogen) atoms. The predicted molar refractivity (Wildman–Crippen MR) is 60.6 cm³/mol. The molecule has 0 aliphatic heterocycles. The minimum atomic E-state index is -0.704. The Labute approximate surface area is 93.2 Å². The van der Waals surface area contributed by atoms with Crippen LogP contribution in [-0.4, -0.2) is 23.4 Å². The highest BCUT2D eigenvalue weighted by atomic mass is 32.2. The van der Waals surface area contributed by atoms with Gasteiger partial charge in [-0.15, -0.1) is 0 Å². The molecule has 5 heteroatoms. The molecule has 0 fully saturated rings. The van der Waals surface area contributed by atoms with E-state index in [9.17, 15) is 4.79 Å². The second kappa shape index (κ2) is 7.11. The molecule has 1 heterocycles. The molecule has 82 valence electrons. The lowest BCUT2D eigenvalue weighted by molar-refractivity contribution is 0.157. The van der Waals surface area contributed by atoms with Crippen molar-refractivity contribution >= 4 is 17.9 Å². The first-order valence-corrected chi connectivity index (χ1v) is 5.84. The molecular weight excluding hydrogens is 212 g/mol. The van der Waals surface area contributed by atoms with Gasteiger partial charge >= 0.3 is 6.09 Å². The molecule has 1 amide bonds. The molecule has 0 atom stereocenters. The van der Waals surface area contributed by atoms with E-state index in [0.717, 1.165) is 23.6 Å². The summed E-state index contributed by atoms with van der Waals surface area (Å²) < 4.78 is 4.60. The highest BCUT2D eigenvalue weighted by Gasteiger charge is 1.95. The molecule has 0 spiro atoms. The standard InChI is InChI=1S/C10H14N2O2S/c11-10(13)14-6-3-7-15-8-9-4-1-2-5-12-9/h1-2,4-5H,3,6-8H2,(H2,11,13). The van der Waals surface area contributed by atoms with E-state index >= 15 is 0 Å². The molecule has 0 bridgehead atoms. The Morgan fingerprint density at radius 1 is 1.53 bits per heavy atom. The van der Waals surface area contributed by atoms with E-state index in [1.807, 2.05) is 18.2 Å². The summed E-state index contributed by atoms with van der Waals surface area (Å²) >= 11 is 1.76. The molecule has 0 aromatic carbocycles. The number of primary amides is 1. The number of aromatic nitrogens is 1. The fourth-order valence-corrected chi connectivity index (χ4v) is 1.84. The van der Waals surface area contributed by atoms with Crippen LogP contribution in [0.2, 0.25) is 0 Å². The number of pyridine rings is 1. The Balaban J connectivity index is 2.00. The number of hydrogen-bond acceptors (Lipinski definition) is 4. The summed E-state index contributed by atoms with van der Waals surface area (Å²) in [6.45, 7) is 0.393. The van der Waals surface area contributed by atoms with E-state index in [1.165, 1.54) is 0 Å². The van der Waals surface area contributed by atoms with Crippen molar-refractivity contribution in [3.05, 3.63) is 30.1 Å². The lowest BCUT2D eigenvalue weighted by Crippen LogP contribution is -2.13. The number of amides is 1. The van der Waals surface area contributed by atoms with Gasteiger partial charge in [-0.3, -0.25) is 4.98 Å². The molecular formula is C10H14N2O2S. The summed E-state index contributed by atoms with van der Waals surface area (Å²) in [5.41, 5.74) is 5.89. The summed E-state index contributed by atoms with van der Waals surface area (Å²) in [6, 6.07) is 5.86. The fourth-order valence-electron chi connectivity index (χ4n) is 0.994. The van der Waals surface area contributed by atoms with Crippen molar-refractivity contribution in [3.63, 3.8) is 0 Å². The van der Waals surface area contributed by atoms with Crippen molar-refractivity contribution in [2.75, 3.05) is 12.4 Å². The molecule has 0 aliphatic rings. The van der Waals surface area contributed by atoms with Crippen molar-refractivity contribution in [3.8, 4) is 0 Å². The van der Waals surface area contributed by atoms with Crippen LogP contribution in [-0.2, 0) is 10.5 Å². The van der Waals surface area contributed by atoms with Crippen LogP contribution in [0.25, 0.3) is 0 Å². The monoisotopic (exact) mass is 226 g/mol. The molecule has 0 radical (unpaired) electrons. The molecule has 1 rings (SSSR count). The largest absolute Gasteiger partial charge is 0.450 e. The summed E-state index contributed by atoms with van der Waals surface area (Å²) in [7, 11) is 0. The van der Waals surface area contributed by atoms with Crippen LogP contribution >= 0.6 is 11.8 Å². The number of thioether (sulfide) groups is 1. The zero-order valence-electron chi connectivity index (χ0n) is 8.39. The first kappa shape index (κ1) is 11.8. The minimum absolute atomic E-state index is 0.393. The number of ether oxygens (including phenoxy) is 1. The van der Waals surface area contributed by atoms with Crippen LogP contribution in [0.4, 0.5) is 4.79 Å². The molecule has 0 aliphatic carbocycles. The topological polar surface area (TPSA) is 65.2 Å². The van der Waals surface area contributed by atoms with Gasteiger partial charge in [-0.05, 0) is 24.3 Å². The van der Waals surface area contributed by atoms with Crippen LogP contribution in [0.5, 0.6) is 0 Å². The van der Waals surface area contributed by atoms with Gasteiger partial charge in [-0.2, -0.15) is 11.8 Å². The number of nitrogens with two attached hydrogens (primary N) is 1. The van der Waals surface area contributed by atoms with E-state index in [4.69, 9.17) is 5.73 Å². The Bertz CT molecular complexity index is 293. The van der Waals surface area contributed by atoms with Gasteiger partial charge in [0.15, 0.2) is 0 Å². The Morgan fingerprint density at radius 3 is 3.07 bits per heavy atom. The van der Waals surface area contributed by atoms with Crippen molar-refractivity contribution < 1.29 is 9.53 Å². The van der Waals surface area contributed by atoms with Gasteiger partial charge in [0, 0.05) is 11.9 Å². The minimum Gasteiger partial charge on any atom is -0.450 e. The Hall–Kier alpha value is -1.23. The molecule has 4 nitrogen and oxygen atoms in total. The maximum absolute atomic E-state index is 10.2. The van der Waals surface area contributed by atoms with Crippen LogP contribution in [0.15, 0.2) is 24.4 Å². The molecule has 2 N–H and O–H groups in total. The smallest absolute Gasteiger partial charge is 0.404 e. The van der Waals surface area contributed by atoms with Gasteiger partial charge in [0.1, 0.15) is 0 Å². The summed E-state index contributed by atoms with van der Waals surface area (Å²) in [4.78, 5) is 14.4. The maximum Gasteiger partial charge on any atom is 0.404 e. The average Bonchev–Trinajstić information content (AvgIpc) is 2.24. The lowest BCUT2D eigenvalue weighted by Gasteiger charge is -2.01. The first-order valence-electron chi connectivity index (χ1n) is 4.69. The van der Waals surface area contributed by atoms with E-state index in [-0.39, 0.29) is 0 Å². The normalized spacial score (nSPS) is 9.87. The van der Waals surface area contributed by atoms with Crippen molar-refractivity contribution in [1.82, 2.24) is 4.98 Å². The molecule has 0 saturated heterocycles. The first-order chi connectivity index (χ1) is 7.29. The van der Waals surface area contributed by atoms with Crippen LogP contribution < -0.4 is 5.73 Å². The van der Waals surface area contributed by atoms with Crippen LogP contribution in [0, 0.1) is 0 Å². The quantitative estimate of drug-likeness (QED) is 0.751. The second-order valence-corrected chi connectivity index (χ2v) is 4.00. The highest BCUT2D eigenvalue weighted by Crippen LogP contribution is 2.10. The van der Waals surface area contributed by atoms with Crippen molar-refractivity contribution in [2.24, 2.45) is 5.73 Å². The average molecular weight is 226 g/mol. The summed E-state index contributed by atoms with van der Waals surface area (Å²) in [6.07, 6.45) is 1.90. The van der Waals surface area contributed by atoms with E-state index in [1.54, 1.807) is 18.0 Å². The zero-order chi connectivity index (χ0) is 10.9. The number of carbonyl (C=O) groups is 1. The Morgan fingerprint density at radius 2 is 2.40 bits per heavy atom. The molecule has 0 saturated carbocycles. The highest BCUT2D eigenvalue weighted by molar-refractivity contribution is 7.98. The van der Waals surface area contributed by atoms with Crippen LogP contribution in [0.1, 0.15) is 12.1 Å². The third-order valence-electron chi connectivity index (χ3n) is 1.65. The lowest BCUT2D eigenvalue weighted by atomic mass is 10.4. The third-order valence-corrected chi connectivity index (χ3v) is 2.73. The van der Waals surface area contributed by atoms with Gasteiger partial charge in [-0.25, -0.2) is 4.79 Å². The van der Waals surface area contributed by atoms with E-state index < -0.39 is 6.09 Å². The SMILES string of the molecule is NC(=O)OCCCSCc1ccccn1. The van der Waals surface area contributed by atoms with Crippen LogP contribution in [0.3, 0.4) is 0 Å². The number of nitrogens with zero attached hydrogens (tertiary/aromatic N) is 1. The molecule has 0 unspecified atom stereocenters. The predicted octanol–water partition coefficient (Wildman–Crippen LogP) is 1.80. The van der Waals surface area contributed by atoms with E-state index in [2.05, 4.69) is 9.72 Å². The van der Waals surface area contributed by atoms with Crippen molar-refractivity contribution in [2.45, 2.75) is 12.2 Å². The fraction of sp³-hybridized carbons (Fsp3) is 0.400. The number of carbonyl (C=O) groups excluding carboxylic acids is 1. The zero-order valence-corrected chi connectivity index (χ0v) is 9.20.